The lowest BCUT2D eigenvalue weighted by Crippen LogP contribution is -2.13. The summed E-state index contributed by atoms with van der Waals surface area (Å²) in [7, 11) is 0. The van der Waals surface area contributed by atoms with Crippen LogP contribution in [0.2, 0.25) is 0 Å². The van der Waals surface area contributed by atoms with Gasteiger partial charge in [-0.15, -0.1) is 0 Å². The number of ether oxygens (including phenoxy) is 1. The van der Waals surface area contributed by atoms with Gasteiger partial charge in [-0.3, -0.25) is 4.79 Å². The van der Waals surface area contributed by atoms with E-state index < -0.39 is 0 Å². The fourth-order valence-electron chi connectivity index (χ4n) is 1.87. The number of nitrogens with one attached hydrogen (secondary N) is 1. The smallest absolute Gasteiger partial charge is 0.256 e. The molecule has 0 aliphatic carbocycles. The average Bonchev–Trinajstić information content (AvgIpc) is 2.70. The number of fused-ring (bicyclic) bond motifs is 1. The van der Waals surface area contributed by atoms with Gasteiger partial charge in [0.1, 0.15) is 11.6 Å². The molecule has 1 aliphatic rings. The molecule has 0 atom stereocenters. The molecule has 0 unspecified atom stereocenters. The van der Waals surface area contributed by atoms with Gasteiger partial charge in [0.15, 0.2) is 0 Å². The molecule has 1 aromatic heterocycles. The predicted molar refractivity (Wildman–Crippen MR) is 77.1 cm³/mol. The van der Waals surface area contributed by atoms with E-state index in [1.165, 1.54) is 6.26 Å². The Morgan fingerprint density at radius 1 is 1.10 bits per heavy atom. The second-order valence-corrected chi connectivity index (χ2v) is 4.23. The van der Waals surface area contributed by atoms with Gasteiger partial charge in [-0.05, 0) is 30.4 Å². The molecular formula is C16H12N2O2. The Bertz CT molecular complexity index is 691. The lowest BCUT2D eigenvalue weighted by Gasteiger charge is -2.04. The molecule has 1 amide bonds. The van der Waals surface area contributed by atoms with Crippen molar-refractivity contribution >= 4 is 17.8 Å². The molecule has 98 valence electrons. The number of nitrogens with zero attached hydrogens (tertiary/aromatic N) is 1. The van der Waals surface area contributed by atoms with Gasteiger partial charge < -0.3 is 10.1 Å². The molecular weight excluding hydrogens is 252 g/mol. The third kappa shape index (κ3) is 2.59. The van der Waals surface area contributed by atoms with Crippen LogP contribution in [0, 0.1) is 0 Å². The van der Waals surface area contributed by atoms with E-state index in [1.54, 1.807) is 30.5 Å². The highest BCUT2D eigenvalue weighted by Crippen LogP contribution is 2.24. The summed E-state index contributed by atoms with van der Waals surface area (Å²) in [6, 6.07) is 12.9. The van der Waals surface area contributed by atoms with Gasteiger partial charge in [-0.25, -0.2) is 4.98 Å². The van der Waals surface area contributed by atoms with Gasteiger partial charge in [0.05, 0.1) is 6.26 Å². The predicted octanol–water partition coefficient (Wildman–Crippen LogP) is 3.01. The first kappa shape index (κ1) is 12.2. The maximum absolute atomic E-state index is 12.2. The Balaban J connectivity index is 1.87. The first-order valence-electron chi connectivity index (χ1n) is 6.19. The normalized spacial score (nSPS) is 12.7. The van der Waals surface area contributed by atoms with E-state index in [4.69, 9.17) is 4.74 Å². The molecule has 0 saturated heterocycles. The van der Waals surface area contributed by atoms with Crippen molar-refractivity contribution in [2.75, 3.05) is 5.32 Å². The molecule has 3 rings (SSSR count). The molecule has 1 aromatic carbocycles. The number of carbonyl (C=O) groups excluding carboxylic acids is 1. The number of para-hydroxylation sites is 1. The number of amides is 1. The second kappa shape index (κ2) is 5.40. The van der Waals surface area contributed by atoms with Gasteiger partial charge >= 0.3 is 0 Å². The van der Waals surface area contributed by atoms with E-state index in [0.29, 0.717) is 11.4 Å². The zero-order chi connectivity index (χ0) is 13.8. The molecule has 0 fully saturated rings. The van der Waals surface area contributed by atoms with Crippen molar-refractivity contribution in [1.29, 1.82) is 0 Å². The number of hydrogen-bond acceptors (Lipinski definition) is 3. The minimum absolute atomic E-state index is 0.222. The zero-order valence-electron chi connectivity index (χ0n) is 10.6. The van der Waals surface area contributed by atoms with E-state index in [2.05, 4.69) is 10.3 Å². The fourth-order valence-corrected chi connectivity index (χ4v) is 1.87. The summed E-state index contributed by atoms with van der Waals surface area (Å²) in [4.78, 5) is 16.3. The number of carbonyl (C=O) groups is 1. The molecule has 0 radical (unpaired) electrons. The Labute approximate surface area is 116 Å². The van der Waals surface area contributed by atoms with E-state index in [9.17, 15) is 4.79 Å². The van der Waals surface area contributed by atoms with E-state index in [-0.39, 0.29) is 5.91 Å². The van der Waals surface area contributed by atoms with Crippen molar-refractivity contribution < 1.29 is 9.53 Å². The van der Waals surface area contributed by atoms with Crippen molar-refractivity contribution in [3.8, 4) is 5.75 Å². The first-order chi connectivity index (χ1) is 9.83. The number of benzene rings is 1. The summed E-state index contributed by atoms with van der Waals surface area (Å²) < 4.78 is 5.45. The maximum Gasteiger partial charge on any atom is 0.256 e. The Kier molecular flexibility index (Phi) is 3.29. The van der Waals surface area contributed by atoms with Crippen LogP contribution in [0.15, 0.2) is 66.6 Å². The largest absolute Gasteiger partial charge is 0.464 e. The fraction of sp³-hybridized carbons (Fsp3) is 0. The molecule has 0 spiro atoms. The molecule has 2 heterocycles. The molecule has 20 heavy (non-hydrogen) atoms. The highest BCUT2D eigenvalue weighted by molar-refractivity contribution is 6.08. The van der Waals surface area contributed by atoms with Crippen LogP contribution in [0.5, 0.6) is 5.75 Å². The van der Waals surface area contributed by atoms with Crippen LogP contribution in [-0.2, 0) is 4.79 Å². The molecule has 2 aromatic rings. The van der Waals surface area contributed by atoms with E-state index in [1.807, 2.05) is 30.3 Å². The van der Waals surface area contributed by atoms with Crippen molar-refractivity contribution in [2.45, 2.75) is 0 Å². The first-order valence-corrected chi connectivity index (χ1v) is 6.19. The number of rotatable bonds is 2. The van der Waals surface area contributed by atoms with Gasteiger partial charge in [-0.2, -0.15) is 0 Å². The van der Waals surface area contributed by atoms with Crippen LogP contribution in [0.1, 0.15) is 5.56 Å². The third-order valence-electron chi connectivity index (χ3n) is 2.84. The molecule has 0 bridgehead atoms. The highest BCUT2D eigenvalue weighted by atomic mass is 16.5. The maximum atomic E-state index is 12.2. The topological polar surface area (TPSA) is 51.2 Å². The van der Waals surface area contributed by atoms with Crippen molar-refractivity contribution in [2.24, 2.45) is 0 Å². The Morgan fingerprint density at radius 2 is 1.95 bits per heavy atom. The van der Waals surface area contributed by atoms with Gasteiger partial charge in [0.2, 0.25) is 0 Å². The van der Waals surface area contributed by atoms with Crippen LogP contribution in [-0.4, -0.2) is 10.9 Å². The van der Waals surface area contributed by atoms with Crippen LogP contribution in [0.25, 0.3) is 6.08 Å². The SMILES string of the molecule is O=C(Nc1ccccn1)C1=Cc2ccccc2OC=C1. The Morgan fingerprint density at radius 3 is 2.80 bits per heavy atom. The van der Waals surface area contributed by atoms with Crippen LogP contribution < -0.4 is 10.1 Å². The molecule has 1 N–H and O–H groups in total. The van der Waals surface area contributed by atoms with Crippen molar-refractivity contribution in [3.63, 3.8) is 0 Å². The number of hydrogen-bond donors (Lipinski definition) is 1. The lowest BCUT2D eigenvalue weighted by molar-refractivity contribution is -0.112. The third-order valence-corrected chi connectivity index (χ3v) is 2.84. The van der Waals surface area contributed by atoms with Crippen LogP contribution >= 0.6 is 0 Å². The number of pyridine rings is 1. The zero-order valence-corrected chi connectivity index (χ0v) is 10.6. The van der Waals surface area contributed by atoms with E-state index >= 15 is 0 Å². The molecule has 0 saturated carbocycles. The monoisotopic (exact) mass is 264 g/mol. The van der Waals surface area contributed by atoms with E-state index in [0.717, 1.165) is 11.3 Å². The van der Waals surface area contributed by atoms with Crippen molar-refractivity contribution in [1.82, 2.24) is 4.98 Å². The number of aromatic nitrogens is 1. The molecule has 1 aliphatic heterocycles. The van der Waals surface area contributed by atoms with Crippen LogP contribution in [0.4, 0.5) is 5.82 Å². The quantitative estimate of drug-likeness (QED) is 0.907. The lowest BCUT2D eigenvalue weighted by atomic mass is 10.1. The second-order valence-electron chi connectivity index (χ2n) is 4.23. The van der Waals surface area contributed by atoms with Crippen LogP contribution in [0.3, 0.4) is 0 Å². The van der Waals surface area contributed by atoms with Gasteiger partial charge in [-0.1, -0.05) is 24.3 Å². The van der Waals surface area contributed by atoms with Gasteiger partial charge in [0, 0.05) is 17.3 Å². The highest BCUT2D eigenvalue weighted by Gasteiger charge is 2.12. The summed E-state index contributed by atoms with van der Waals surface area (Å²) in [6.45, 7) is 0. The summed E-state index contributed by atoms with van der Waals surface area (Å²) in [5, 5.41) is 2.75. The minimum Gasteiger partial charge on any atom is -0.464 e. The standard InChI is InChI=1S/C16H12N2O2/c19-16(18-15-7-3-4-9-17-15)13-8-10-20-14-6-2-1-5-12(14)11-13/h1-11H,(H,17,18,19). The molecule has 4 heteroatoms. The summed E-state index contributed by atoms with van der Waals surface area (Å²) in [5.41, 5.74) is 1.38. The summed E-state index contributed by atoms with van der Waals surface area (Å²) >= 11 is 0. The number of anilines is 1. The average molecular weight is 264 g/mol. The summed E-state index contributed by atoms with van der Waals surface area (Å²) in [5.74, 6) is 1.02. The van der Waals surface area contributed by atoms with Gasteiger partial charge in [0.25, 0.3) is 5.91 Å². The minimum atomic E-state index is -0.222. The Hall–Kier alpha value is -2.88. The summed E-state index contributed by atoms with van der Waals surface area (Å²) in [6.07, 6.45) is 6.57. The molecule has 4 nitrogen and oxygen atoms in total. The van der Waals surface area contributed by atoms with Crippen molar-refractivity contribution in [3.05, 3.63) is 72.1 Å².